The third kappa shape index (κ3) is 5.95. The van der Waals surface area contributed by atoms with Crippen LogP contribution in [-0.4, -0.2) is 37.4 Å². The third-order valence-corrected chi connectivity index (χ3v) is 3.79. The maximum atomic E-state index is 12.5. The van der Waals surface area contributed by atoms with E-state index < -0.39 is 5.54 Å². The van der Waals surface area contributed by atoms with Crippen LogP contribution in [0.5, 0.6) is 0 Å². The molecule has 1 aliphatic rings. The lowest BCUT2D eigenvalue weighted by Gasteiger charge is -2.34. The molecule has 0 saturated heterocycles. The van der Waals surface area contributed by atoms with Crippen LogP contribution in [0.3, 0.4) is 0 Å². The van der Waals surface area contributed by atoms with Crippen molar-refractivity contribution >= 4 is 5.97 Å². The number of rotatable bonds is 9. The van der Waals surface area contributed by atoms with Crippen LogP contribution >= 0.6 is 0 Å². The van der Waals surface area contributed by atoms with Gasteiger partial charge in [-0.05, 0) is 51.4 Å². The molecule has 1 rings (SSSR count). The lowest BCUT2D eigenvalue weighted by Crippen LogP contribution is -2.60. The summed E-state index contributed by atoms with van der Waals surface area (Å²) in [6.07, 6.45) is 3.13. The number of hydrogen-bond donors (Lipinski definition) is 1. The Balaban J connectivity index is 2.68. The first kappa shape index (κ1) is 18.4. The van der Waals surface area contributed by atoms with E-state index in [2.05, 4.69) is 39.9 Å². The fraction of sp³-hybridized carbons (Fsp3) is 0.941. The summed E-state index contributed by atoms with van der Waals surface area (Å²) in [7, 11) is 0. The average Bonchev–Trinajstić information content (AvgIpc) is 3.16. The summed E-state index contributed by atoms with van der Waals surface area (Å²) in [6, 6.07) is 0.223. The summed E-state index contributed by atoms with van der Waals surface area (Å²) in [6.45, 7) is 14.1. The molecular formula is C17H33NO3. The zero-order chi connectivity index (χ0) is 16.1. The van der Waals surface area contributed by atoms with Gasteiger partial charge in [0.1, 0.15) is 5.54 Å². The molecule has 0 aromatic heterocycles. The topological polar surface area (TPSA) is 47.6 Å². The van der Waals surface area contributed by atoms with Gasteiger partial charge in [-0.15, -0.1) is 0 Å². The van der Waals surface area contributed by atoms with E-state index in [-0.39, 0.29) is 17.4 Å². The molecule has 1 fully saturated rings. The highest BCUT2D eigenvalue weighted by Crippen LogP contribution is 2.41. The molecule has 0 aromatic carbocycles. The van der Waals surface area contributed by atoms with Crippen LogP contribution in [0.1, 0.15) is 60.8 Å². The largest absolute Gasteiger partial charge is 0.465 e. The standard InChI is InChI=1S/C17H33NO3/c1-7-21-15(19)17(14-8-9-14,18-13(2)3)12-20-11-10-16(4,5)6/h13-14,18H,7-12H2,1-6H3. The normalized spacial score (nSPS) is 18.6. The van der Waals surface area contributed by atoms with Gasteiger partial charge in [0.2, 0.25) is 0 Å². The van der Waals surface area contributed by atoms with Gasteiger partial charge in [0, 0.05) is 12.6 Å². The van der Waals surface area contributed by atoms with Crippen LogP contribution in [0, 0.1) is 11.3 Å². The lowest BCUT2D eigenvalue weighted by atomic mass is 9.92. The fourth-order valence-electron chi connectivity index (χ4n) is 2.52. The predicted octanol–water partition coefficient (Wildman–Crippen LogP) is 3.15. The molecule has 0 heterocycles. The van der Waals surface area contributed by atoms with Crippen molar-refractivity contribution in [2.24, 2.45) is 11.3 Å². The molecule has 0 amide bonds. The third-order valence-electron chi connectivity index (χ3n) is 3.79. The monoisotopic (exact) mass is 299 g/mol. The smallest absolute Gasteiger partial charge is 0.329 e. The van der Waals surface area contributed by atoms with Crippen molar-refractivity contribution in [3.63, 3.8) is 0 Å². The zero-order valence-electron chi connectivity index (χ0n) is 14.6. The lowest BCUT2D eigenvalue weighted by molar-refractivity contribution is -0.156. The van der Waals surface area contributed by atoms with Crippen LogP contribution < -0.4 is 5.32 Å². The Morgan fingerprint density at radius 3 is 2.33 bits per heavy atom. The first-order chi connectivity index (χ1) is 9.71. The van der Waals surface area contributed by atoms with Crippen molar-refractivity contribution in [1.82, 2.24) is 5.32 Å². The SMILES string of the molecule is CCOC(=O)C(COCCC(C)(C)C)(NC(C)C)C1CC1. The highest BCUT2D eigenvalue weighted by atomic mass is 16.5. The average molecular weight is 299 g/mol. The quantitative estimate of drug-likeness (QED) is 0.525. The number of ether oxygens (including phenoxy) is 2. The van der Waals surface area contributed by atoms with Crippen molar-refractivity contribution in [3.8, 4) is 0 Å². The second kappa shape index (κ2) is 7.59. The Kier molecular flexibility index (Phi) is 6.67. The maximum absolute atomic E-state index is 12.5. The van der Waals surface area contributed by atoms with Crippen molar-refractivity contribution in [2.75, 3.05) is 19.8 Å². The Labute approximate surface area is 130 Å². The van der Waals surface area contributed by atoms with Gasteiger partial charge in [-0.2, -0.15) is 0 Å². The van der Waals surface area contributed by atoms with E-state index in [1.165, 1.54) is 0 Å². The number of carbonyl (C=O) groups excluding carboxylic acids is 1. The molecule has 1 unspecified atom stereocenters. The molecular weight excluding hydrogens is 266 g/mol. The molecule has 1 atom stereocenters. The molecule has 1 aliphatic carbocycles. The summed E-state index contributed by atoms with van der Waals surface area (Å²) in [4.78, 5) is 12.5. The first-order valence-electron chi connectivity index (χ1n) is 8.24. The van der Waals surface area contributed by atoms with Crippen LogP contribution in [0.15, 0.2) is 0 Å². The van der Waals surface area contributed by atoms with Gasteiger partial charge < -0.3 is 9.47 Å². The summed E-state index contributed by atoms with van der Waals surface area (Å²) < 4.78 is 11.2. The molecule has 4 heteroatoms. The minimum atomic E-state index is -0.665. The molecule has 0 aliphatic heterocycles. The molecule has 124 valence electrons. The van der Waals surface area contributed by atoms with E-state index in [4.69, 9.17) is 9.47 Å². The van der Waals surface area contributed by atoms with Crippen LogP contribution in [0.25, 0.3) is 0 Å². The van der Waals surface area contributed by atoms with E-state index >= 15 is 0 Å². The Morgan fingerprint density at radius 1 is 1.29 bits per heavy atom. The van der Waals surface area contributed by atoms with Gasteiger partial charge in [-0.1, -0.05) is 20.8 Å². The molecule has 0 bridgehead atoms. The second-order valence-electron chi connectivity index (χ2n) is 7.63. The van der Waals surface area contributed by atoms with E-state index in [1.54, 1.807) is 0 Å². The van der Waals surface area contributed by atoms with E-state index in [1.807, 2.05) is 6.92 Å². The van der Waals surface area contributed by atoms with Gasteiger partial charge in [-0.3, -0.25) is 5.32 Å². The number of nitrogens with one attached hydrogen (secondary N) is 1. The fourth-order valence-corrected chi connectivity index (χ4v) is 2.52. The van der Waals surface area contributed by atoms with Crippen molar-refractivity contribution in [2.45, 2.75) is 72.4 Å². The number of esters is 1. The highest BCUT2D eigenvalue weighted by Gasteiger charge is 2.52. The molecule has 4 nitrogen and oxygen atoms in total. The number of hydrogen-bond acceptors (Lipinski definition) is 4. The van der Waals surface area contributed by atoms with E-state index in [0.717, 1.165) is 19.3 Å². The highest BCUT2D eigenvalue weighted by molar-refractivity contribution is 5.82. The minimum Gasteiger partial charge on any atom is -0.465 e. The second-order valence-corrected chi connectivity index (χ2v) is 7.63. The van der Waals surface area contributed by atoms with Crippen LogP contribution in [0.2, 0.25) is 0 Å². The van der Waals surface area contributed by atoms with Crippen molar-refractivity contribution in [3.05, 3.63) is 0 Å². The Bertz CT molecular complexity index is 331. The summed E-state index contributed by atoms with van der Waals surface area (Å²) in [5.74, 6) is 0.186. The Morgan fingerprint density at radius 2 is 1.90 bits per heavy atom. The Hall–Kier alpha value is -0.610. The van der Waals surface area contributed by atoms with Crippen molar-refractivity contribution in [1.29, 1.82) is 0 Å². The molecule has 1 saturated carbocycles. The van der Waals surface area contributed by atoms with Gasteiger partial charge >= 0.3 is 5.97 Å². The molecule has 21 heavy (non-hydrogen) atoms. The summed E-state index contributed by atoms with van der Waals surface area (Å²) in [5, 5.41) is 3.44. The zero-order valence-corrected chi connectivity index (χ0v) is 14.6. The minimum absolute atomic E-state index is 0.156. The van der Waals surface area contributed by atoms with E-state index in [9.17, 15) is 4.79 Å². The molecule has 0 radical (unpaired) electrons. The summed E-state index contributed by atoms with van der Waals surface area (Å²) >= 11 is 0. The van der Waals surface area contributed by atoms with Gasteiger partial charge in [-0.25, -0.2) is 4.79 Å². The van der Waals surface area contributed by atoms with Gasteiger partial charge in [0.25, 0.3) is 0 Å². The van der Waals surface area contributed by atoms with Crippen LogP contribution in [0.4, 0.5) is 0 Å². The summed E-state index contributed by atoms with van der Waals surface area (Å²) in [5.41, 5.74) is -0.417. The first-order valence-corrected chi connectivity index (χ1v) is 8.24. The predicted molar refractivity (Wildman–Crippen MR) is 85.3 cm³/mol. The van der Waals surface area contributed by atoms with Gasteiger partial charge in [0.15, 0.2) is 0 Å². The number of carbonyl (C=O) groups is 1. The van der Waals surface area contributed by atoms with Gasteiger partial charge in [0.05, 0.1) is 13.2 Å². The van der Waals surface area contributed by atoms with Crippen LogP contribution in [-0.2, 0) is 14.3 Å². The molecule has 0 aromatic rings. The molecule has 0 spiro atoms. The molecule has 1 N–H and O–H groups in total. The van der Waals surface area contributed by atoms with Crippen molar-refractivity contribution < 1.29 is 14.3 Å². The van der Waals surface area contributed by atoms with E-state index in [0.29, 0.717) is 25.7 Å². The maximum Gasteiger partial charge on any atom is 0.329 e.